The fourth-order valence-corrected chi connectivity index (χ4v) is 5.15. The minimum absolute atomic E-state index is 0.321. The number of benzene rings is 1. The Bertz CT molecular complexity index is 1160. The maximum Gasteiger partial charge on any atom is 0.296 e. The summed E-state index contributed by atoms with van der Waals surface area (Å²) in [4.78, 5) is 15.7. The molecule has 0 amide bonds. The van der Waals surface area contributed by atoms with E-state index in [9.17, 15) is 8.78 Å². The Morgan fingerprint density at radius 3 is 2.62 bits per heavy atom. The van der Waals surface area contributed by atoms with E-state index in [1.165, 1.54) is 4.57 Å². The van der Waals surface area contributed by atoms with Gasteiger partial charge in [-0.05, 0) is 43.7 Å². The molecular formula is C26H35F2N7O2. The zero-order valence-electron chi connectivity index (χ0n) is 21.2. The molecule has 3 aromatic rings. The quantitative estimate of drug-likeness (QED) is 0.394. The second-order valence-electron chi connectivity index (χ2n) is 9.65. The first-order valence-electron chi connectivity index (χ1n) is 13.1. The second kappa shape index (κ2) is 12.1. The van der Waals surface area contributed by atoms with Crippen molar-refractivity contribution >= 4 is 22.8 Å². The van der Waals surface area contributed by atoms with Gasteiger partial charge >= 0.3 is 0 Å². The van der Waals surface area contributed by atoms with Crippen LogP contribution in [-0.4, -0.2) is 78.7 Å². The van der Waals surface area contributed by atoms with Crippen molar-refractivity contribution in [1.82, 2.24) is 24.8 Å². The molecule has 1 saturated carbocycles. The predicted molar refractivity (Wildman–Crippen MR) is 139 cm³/mol. The highest BCUT2D eigenvalue weighted by Gasteiger charge is 2.24. The third kappa shape index (κ3) is 6.16. The zero-order valence-corrected chi connectivity index (χ0v) is 21.2. The number of morpholine rings is 1. The number of alkyl halides is 2. The van der Waals surface area contributed by atoms with Crippen LogP contribution in [0.25, 0.3) is 16.9 Å². The van der Waals surface area contributed by atoms with E-state index < -0.39 is 6.43 Å². The molecule has 1 aliphatic heterocycles. The number of fused-ring (bicyclic) bond motifs is 1. The lowest BCUT2D eigenvalue weighted by atomic mass is 9.86. The highest BCUT2D eigenvalue weighted by atomic mass is 19.3. The topological polar surface area (TPSA) is 89.4 Å². The molecule has 11 heteroatoms. The Morgan fingerprint density at radius 2 is 1.86 bits per heavy atom. The van der Waals surface area contributed by atoms with Crippen molar-refractivity contribution in [2.75, 3.05) is 63.3 Å². The van der Waals surface area contributed by atoms with E-state index in [4.69, 9.17) is 19.4 Å². The fraction of sp³-hybridized carbons (Fsp3) is 0.577. The van der Waals surface area contributed by atoms with Gasteiger partial charge in [-0.3, -0.25) is 4.57 Å². The van der Waals surface area contributed by atoms with Crippen molar-refractivity contribution in [3.8, 4) is 5.82 Å². The van der Waals surface area contributed by atoms with Crippen LogP contribution >= 0.6 is 0 Å². The van der Waals surface area contributed by atoms with Gasteiger partial charge < -0.3 is 25.0 Å². The van der Waals surface area contributed by atoms with Gasteiger partial charge in [0.15, 0.2) is 5.82 Å². The Balaban J connectivity index is 1.38. The summed E-state index contributed by atoms with van der Waals surface area (Å²) in [5.41, 5.74) is 1.10. The third-order valence-corrected chi connectivity index (χ3v) is 7.16. The molecule has 1 aromatic carbocycles. The number of aromatic nitrogens is 4. The van der Waals surface area contributed by atoms with Crippen LogP contribution in [0.3, 0.4) is 0 Å². The van der Waals surface area contributed by atoms with Gasteiger partial charge in [0.1, 0.15) is 11.6 Å². The normalized spacial score (nSPS) is 20.6. The number of nitrogens with zero attached hydrogens (tertiary/aromatic N) is 5. The van der Waals surface area contributed by atoms with Crippen molar-refractivity contribution in [2.45, 2.75) is 38.2 Å². The van der Waals surface area contributed by atoms with E-state index in [0.29, 0.717) is 66.9 Å². The van der Waals surface area contributed by atoms with Crippen LogP contribution in [0.15, 0.2) is 30.3 Å². The monoisotopic (exact) mass is 515 g/mol. The smallest absolute Gasteiger partial charge is 0.296 e. The standard InChI is InChI=1S/C26H35F2N7O2/c1-36-13-10-29-19-8-6-18(7-9-19)17-30-22-16-23(33-26(32-22)34-11-14-37-15-12-34)35-21-5-3-2-4-20(21)31-25(35)24(27)28/h2-5,16,18-19,24,29H,6-15,17H2,1H3,(H,30,32,33)/t18-,19-. The van der Waals surface area contributed by atoms with E-state index in [0.717, 1.165) is 45.4 Å². The minimum atomic E-state index is -2.74. The zero-order chi connectivity index (χ0) is 25.6. The largest absolute Gasteiger partial charge is 0.383 e. The lowest BCUT2D eigenvalue weighted by molar-refractivity contribution is 0.122. The molecule has 0 spiro atoms. The van der Waals surface area contributed by atoms with Crippen LogP contribution in [0.1, 0.15) is 37.9 Å². The first-order chi connectivity index (χ1) is 18.1. The SMILES string of the molecule is COCCN[C@H]1CC[C@H](CNc2cc(-n3c(C(F)F)nc4ccccc43)nc(N3CCOCC3)n2)CC1. The summed E-state index contributed by atoms with van der Waals surface area (Å²) >= 11 is 0. The van der Waals surface area contributed by atoms with Crippen molar-refractivity contribution in [1.29, 1.82) is 0 Å². The second-order valence-corrected chi connectivity index (χ2v) is 9.65. The molecule has 37 heavy (non-hydrogen) atoms. The van der Waals surface area contributed by atoms with E-state index >= 15 is 0 Å². The Labute approximate surface area is 215 Å². The molecular weight excluding hydrogens is 480 g/mol. The van der Waals surface area contributed by atoms with Gasteiger partial charge in [0.25, 0.3) is 6.43 Å². The molecule has 1 aliphatic carbocycles. The number of halogens is 2. The number of methoxy groups -OCH3 is 1. The molecule has 0 bridgehead atoms. The van der Waals surface area contributed by atoms with Gasteiger partial charge in [-0.15, -0.1) is 0 Å². The van der Waals surface area contributed by atoms with E-state index in [-0.39, 0.29) is 5.82 Å². The van der Waals surface area contributed by atoms with Crippen LogP contribution in [0.4, 0.5) is 20.5 Å². The first kappa shape index (κ1) is 25.7. The average Bonchev–Trinajstić information content (AvgIpc) is 3.33. The lowest BCUT2D eigenvalue weighted by Gasteiger charge is -2.30. The van der Waals surface area contributed by atoms with Gasteiger partial charge in [0, 0.05) is 45.4 Å². The fourth-order valence-electron chi connectivity index (χ4n) is 5.15. The van der Waals surface area contributed by atoms with Gasteiger partial charge in [0.2, 0.25) is 5.95 Å². The molecule has 0 unspecified atom stereocenters. The number of imidazole rings is 1. The summed E-state index contributed by atoms with van der Waals surface area (Å²) in [6, 6.07) is 9.43. The van der Waals surface area contributed by atoms with E-state index in [1.807, 2.05) is 11.0 Å². The molecule has 200 valence electrons. The number of rotatable bonds is 10. The Hall–Kier alpha value is -2.89. The first-order valence-corrected chi connectivity index (χ1v) is 13.1. The summed E-state index contributed by atoms with van der Waals surface area (Å²) in [5, 5.41) is 7.05. The summed E-state index contributed by atoms with van der Waals surface area (Å²) < 4.78 is 40.2. The molecule has 2 fully saturated rings. The molecule has 2 N–H and O–H groups in total. The highest BCUT2D eigenvalue weighted by molar-refractivity contribution is 5.78. The molecule has 2 aliphatic rings. The van der Waals surface area contributed by atoms with E-state index in [1.54, 1.807) is 31.4 Å². The summed E-state index contributed by atoms with van der Waals surface area (Å²) in [5.74, 6) is 1.72. The van der Waals surface area contributed by atoms with Crippen molar-refractivity contribution in [2.24, 2.45) is 5.92 Å². The van der Waals surface area contributed by atoms with Gasteiger partial charge in [-0.1, -0.05) is 12.1 Å². The van der Waals surface area contributed by atoms with Crippen molar-refractivity contribution in [3.05, 3.63) is 36.2 Å². The van der Waals surface area contributed by atoms with E-state index in [2.05, 4.69) is 15.6 Å². The summed E-state index contributed by atoms with van der Waals surface area (Å²) in [7, 11) is 1.72. The van der Waals surface area contributed by atoms with Crippen LogP contribution in [-0.2, 0) is 9.47 Å². The number of anilines is 2. The van der Waals surface area contributed by atoms with Crippen LogP contribution in [0, 0.1) is 5.92 Å². The number of para-hydroxylation sites is 2. The van der Waals surface area contributed by atoms with Crippen LogP contribution in [0.2, 0.25) is 0 Å². The molecule has 5 rings (SSSR count). The summed E-state index contributed by atoms with van der Waals surface area (Å²) in [6.07, 6.45) is 1.76. The highest BCUT2D eigenvalue weighted by Crippen LogP contribution is 2.30. The van der Waals surface area contributed by atoms with Crippen molar-refractivity contribution < 1.29 is 18.3 Å². The third-order valence-electron chi connectivity index (χ3n) is 7.16. The van der Waals surface area contributed by atoms with Crippen molar-refractivity contribution in [3.63, 3.8) is 0 Å². The molecule has 1 saturated heterocycles. The van der Waals surface area contributed by atoms with Crippen LogP contribution < -0.4 is 15.5 Å². The lowest BCUT2D eigenvalue weighted by Crippen LogP contribution is -2.37. The maximum atomic E-state index is 14.0. The molecule has 0 atom stereocenters. The molecule has 9 nitrogen and oxygen atoms in total. The maximum absolute atomic E-state index is 14.0. The average molecular weight is 516 g/mol. The Kier molecular flexibility index (Phi) is 8.42. The molecule has 0 radical (unpaired) electrons. The number of ether oxygens (including phenoxy) is 2. The molecule has 2 aromatic heterocycles. The van der Waals surface area contributed by atoms with Gasteiger partial charge in [0.05, 0.1) is 30.9 Å². The molecule has 3 heterocycles. The number of hydrogen-bond acceptors (Lipinski definition) is 8. The summed E-state index contributed by atoms with van der Waals surface area (Å²) in [6.45, 7) is 4.83. The van der Waals surface area contributed by atoms with Crippen LogP contribution in [0.5, 0.6) is 0 Å². The predicted octanol–water partition coefficient (Wildman–Crippen LogP) is 3.80. The minimum Gasteiger partial charge on any atom is -0.383 e. The number of hydrogen-bond donors (Lipinski definition) is 2. The van der Waals surface area contributed by atoms with Gasteiger partial charge in [-0.25, -0.2) is 13.8 Å². The number of nitrogens with one attached hydrogen (secondary N) is 2. The van der Waals surface area contributed by atoms with Gasteiger partial charge in [-0.2, -0.15) is 9.97 Å². The Morgan fingerprint density at radius 1 is 1.08 bits per heavy atom.